The summed E-state index contributed by atoms with van der Waals surface area (Å²) in [5, 5.41) is 0. The molecule has 1 amide bonds. The van der Waals surface area contributed by atoms with Crippen molar-refractivity contribution in [2.75, 3.05) is 5.73 Å². The minimum Gasteiger partial charge on any atom is -0.382 e. The Balaban J connectivity index is 1.47. The molecule has 7 heteroatoms. The Morgan fingerprint density at radius 2 is 1.89 bits per heavy atom. The molecule has 0 atom stereocenters. The second kappa shape index (κ2) is 7.55. The van der Waals surface area contributed by atoms with E-state index < -0.39 is 0 Å². The molecule has 2 aliphatic rings. The molecule has 7 nitrogen and oxygen atoms in total. The smallest absolute Gasteiger partial charge is 0.220 e. The van der Waals surface area contributed by atoms with E-state index in [4.69, 9.17) is 11.5 Å². The zero-order valence-electron chi connectivity index (χ0n) is 15.5. The number of carbonyl (C=O) groups is 1. The second-order valence-electron chi connectivity index (χ2n) is 7.82. The predicted molar refractivity (Wildman–Crippen MR) is 103 cm³/mol. The van der Waals surface area contributed by atoms with E-state index in [0.29, 0.717) is 29.1 Å². The van der Waals surface area contributed by atoms with Gasteiger partial charge in [0.1, 0.15) is 5.52 Å². The number of nitrogen functional groups attached to an aromatic ring is 1. The van der Waals surface area contributed by atoms with Crippen LogP contribution in [0.2, 0.25) is 0 Å². The number of nitrogens with two attached hydrogens (primary N) is 2. The molecule has 2 aromatic rings. The van der Waals surface area contributed by atoms with Gasteiger partial charge in [-0.3, -0.25) is 4.79 Å². The highest BCUT2D eigenvalue weighted by molar-refractivity contribution is 5.82. The van der Waals surface area contributed by atoms with E-state index in [-0.39, 0.29) is 11.8 Å². The fraction of sp³-hybridized carbons (Fsp3) is 0.600. The summed E-state index contributed by atoms with van der Waals surface area (Å²) in [5.74, 6) is 7.53. The summed E-state index contributed by atoms with van der Waals surface area (Å²) in [6.45, 7) is 0. The van der Waals surface area contributed by atoms with Gasteiger partial charge in [-0.05, 0) is 50.4 Å². The van der Waals surface area contributed by atoms with Crippen molar-refractivity contribution in [3.8, 4) is 11.8 Å². The topological polar surface area (TPSA) is 113 Å². The molecule has 0 radical (unpaired) electrons. The summed E-state index contributed by atoms with van der Waals surface area (Å²) < 4.78 is 2.14. The number of amides is 1. The molecular formula is C20H26N6O. The Morgan fingerprint density at radius 1 is 1.15 bits per heavy atom. The molecule has 0 unspecified atom stereocenters. The average Bonchev–Trinajstić information content (AvgIpc) is 3.31. The number of carbonyl (C=O) groups excluding carboxylic acids is 1. The van der Waals surface area contributed by atoms with E-state index in [1.54, 1.807) is 0 Å². The van der Waals surface area contributed by atoms with Crippen LogP contribution in [0.4, 0.5) is 5.82 Å². The van der Waals surface area contributed by atoms with Crippen molar-refractivity contribution >= 4 is 22.9 Å². The van der Waals surface area contributed by atoms with Gasteiger partial charge in [0.25, 0.3) is 0 Å². The Labute approximate surface area is 158 Å². The van der Waals surface area contributed by atoms with Crippen molar-refractivity contribution < 1.29 is 4.79 Å². The summed E-state index contributed by atoms with van der Waals surface area (Å²) in [6, 6.07) is 0.450. The molecule has 2 aromatic heterocycles. The average molecular weight is 366 g/mol. The standard InChI is InChI=1S/C20H26N6O/c21-18-17-20(26(12-23-17)15-5-1-2-6-15)25-16(24-18)7-3-4-13-8-10-14(11-9-13)19(22)27/h12-15H,1-2,4-6,8-11H2,(H2,22,27)(H2,21,24,25). The van der Waals surface area contributed by atoms with Crippen LogP contribution in [0, 0.1) is 23.7 Å². The molecular weight excluding hydrogens is 340 g/mol. The van der Waals surface area contributed by atoms with Crippen LogP contribution in [0.3, 0.4) is 0 Å². The van der Waals surface area contributed by atoms with Gasteiger partial charge in [-0.15, -0.1) is 0 Å². The van der Waals surface area contributed by atoms with Gasteiger partial charge in [-0.2, -0.15) is 0 Å². The fourth-order valence-corrected chi connectivity index (χ4v) is 4.37. The van der Waals surface area contributed by atoms with Crippen molar-refractivity contribution in [1.29, 1.82) is 0 Å². The van der Waals surface area contributed by atoms with Crippen LogP contribution in [0.15, 0.2) is 6.33 Å². The summed E-state index contributed by atoms with van der Waals surface area (Å²) in [7, 11) is 0. The van der Waals surface area contributed by atoms with Gasteiger partial charge in [-0.25, -0.2) is 15.0 Å². The minimum atomic E-state index is -0.171. The third kappa shape index (κ3) is 3.75. The number of fused-ring (bicyclic) bond motifs is 1. The van der Waals surface area contributed by atoms with Crippen LogP contribution in [0.25, 0.3) is 11.2 Å². The second-order valence-corrected chi connectivity index (χ2v) is 7.82. The Kier molecular flexibility index (Phi) is 4.97. The lowest BCUT2D eigenvalue weighted by Crippen LogP contribution is -2.27. The fourth-order valence-electron chi connectivity index (χ4n) is 4.37. The maximum Gasteiger partial charge on any atom is 0.220 e. The molecule has 2 fully saturated rings. The van der Waals surface area contributed by atoms with Crippen LogP contribution >= 0.6 is 0 Å². The SMILES string of the molecule is NC(=O)C1CCC(CC#Cc2nc(N)c3ncn(C4CCCC4)c3n2)CC1. The molecule has 0 bridgehead atoms. The van der Waals surface area contributed by atoms with Gasteiger partial charge >= 0.3 is 0 Å². The molecule has 4 N–H and O–H groups in total. The summed E-state index contributed by atoms with van der Waals surface area (Å²) in [4.78, 5) is 24.6. The van der Waals surface area contributed by atoms with Gasteiger partial charge in [0.15, 0.2) is 11.5 Å². The number of hydrogen-bond acceptors (Lipinski definition) is 5. The monoisotopic (exact) mass is 366 g/mol. The van der Waals surface area contributed by atoms with E-state index in [1.807, 2.05) is 6.33 Å². The van der Waals surface area contributed by atoms with Gasteiger partial charge in [0.05, 0.1) is 6.33 Å². The van der Waals surface area contributed by atoms with Gasteiger partial charge in [0.2, 0.25) is 11.7 Å². The zero-order valence-corrected chi connectivity index (χ0v) is 15.5. The van der Waals surface area contributed by atoms with Gasteiger partial charge < -0.3 is 16.0 Å². The molecule has 0 spiro atoms. The van der Waals surface area contributed by atoms with E-state index in [9.17, 15) is 4.79 Å². The lowest BCUT2D eigenvalue weighted by molar-refractivity contribution is -0.122. The normalized spacial score (nSPS) is 23.3. The zero-order chi connectivity index (χ0) is 18.8. The van der Waals surface area contributed by atoms with E-state index in [2.05, 4.69) is 31.4 Å². The van der Waals surface area contributed by atoms with Gasteiger partial charge in [0, 0.05) is 18.4 Å². The molecule has 142 valence electrons. The molecule has 0 aliphatic heterocycles. The van der Waals surface area contributed by atoms with E-state index >= 15 is 0 Å². The minimum absolute atomic E-state index is 0.0376. The first kappa shape index (κ1) is 17.8. The summed E-state index contributed by atoms with van der Waals surface area (Å²) >= 11 is 0. The van der Waals surface area contributed by atoms with Crippen molar-refractivity contribution in [3.63, 3.8) is 0 Å². The van der Waals surface area contributed by atoms with Crippen molar-refractivity contribution in [1.82, 2.24) is 19.5 Å². The molecule has 27 heavy (non-hydrogen) atoms. The lowest BCUT2D eigenvalue weighted by atomic mass is 9.80. The van der Waals surface area contributed by atoms with Crippen LogP contribution in [0.1, 0.15) is 69.7 Å². The quantitative estimate of drug-likeness (QED) is 0.811. The van der Waals surface area contributed by atoms with Crippen LogP contribution in [0.5, 0.6) is 0 Å². The Hall–Kier alpha value is -2.62. The van der Waals surface area contributed by atoms with E-state index in [0.717, 1.165) is 50.6 Å². The molecule has 2 aliphatic carbocycles. The number of imidazole rings is 1. The number of anilines is 1. The highest BCUT2D eigenvalue weighted by Crippen LogP contribution is 2.32. The first-order valence-electron chi connectivity index (χ1n) is 9.90. The van der Waals surface area contributed by atoms with Crippen LogP contribution in [-0.2, 0) is 4.79 Å². The summed E-state index contributed by atoms with van der Waals surface area (Å²) in [6.07, 6.45) is 11.2. The number of aromatic nitrogens is 4. The molecule has 0 aromatic carbocycles. The van der Waals surface area contributed by atoms with Crippen LogP contribution in [-0.4, -0.2) is 25.4 Å². The number of primary amides is 1. The molecule has 2 heterocycles. The van der Waals surface area contributed by atoms with Gasteiger partial charge in [-0.1, -0.05) is 18.8 Å². The maximum absolute atomic E-state index is 11.3. The van der Waals surface area contributed by atoms with Crippen molar-refractivity contribution in [2.24, 2.45) is 17.6 Å². The lowest BCUT2D eigenvalue weighted by Gasteiger charge is -2.25. The van der Waals surface area contributed by atoms with Crippen LogP contribution < -0.4 is 11.5 Å². The Morgan fingerprint density at radius 3 is 2.59 bits per heavy atom. The summed E-state index contributed by atoms with van der Waals surface area (Å²) in [5.41, 5.74) is 12.9. The first-order chi connectivity index (χ1) is 13.1. The molecule has 0 saturated heterocycles. The predicted octanol–water partition coefficient (Wildman–Crippen LogP) is 2.56. The van der Waals surface area contributed by atoms with E-state index in [1.165, 1.54) is 12.8 Å². The maximum atomic E-state index is 11.3. The largest absolute Gasteiger partial charge is 0.382 e. The van der Waals surface area contributed by atoms with Crippen molar-refractivity contribution in [3.05, 3.63) is 12.2 Å². The first-order valence-corrected chi connectivity index (χ1v) is 9.90. The number of rotatable bonds is 3. The number of nitrogens with zero attached hydrogens (tertiary/aromatic N) is 4. The molecule has 4 rings (SSSR count). The number of hydrogen-bond donors (Lipinski definition) is 2. The molecule has 2 saturated carbocycles. The third-order valence-corrected chi connectivity index (χ3v) is 6.01. The Bertz CT molecular complexity index is 894. The van der Waals surface area contributed by atoms with Crippen molar-refractivity contribution in [2.45, 2.75) is 63.8 Å². The third-order valence-electron chi connectivity index (χ3n) is 6.01. The highest BCUT2D eigenvalue weighted by atomic mass is 16.1. The highest BCUT2D eigenvalue weighted by Gasteiger charge is 2.24.